The Morgan fingerprint density at radius 1 is 1.26 bits per heavy atom. The van der Waals surface area contributed by atoms with Gasteiger partial charge < -0.3 is 16.5 Å². The lowest BCUT2D eigenvalue weighted by atomic mass is 10.0. The minimum atomic E-state index is -0.0892. The van der Waals surface area contributed by atoms with Gasteiger partial charge in [0.1, 0.15) is 6.34 Å². The standard InChI is InChI=1S/C16H21N5OS/c1-12(22)20-16-21-15(10-23-16)7-6-13-2-4-14(5-3-13)8-9-18-11-19-17/h2-5,10-11H,6-9,17H2,1H3,(H,18,19)(H,20,21,22). The van der Waals surface area contributed by atoms with Gasteiger partial charge in [0.2, 0.25) is 5.91 Å². The Morgan fingerprint density at radius 3 is 2.61 bits per heavy atom. The SMILES string of the molecule is CC(=O)Nc1nc(CCc2ccc(CCNC=NN)cc2)cs1. The summed E-state index contributed by atoms with van der Waals surface area (Å²) in [5.41, 5.74) is 3.56. The van der Waals surface area contributed by atoms with Crippen LogP contribution < -0.4 is 16.5 Å². The summed E-state index contributed by atoms with van der Waals surface area (Å²) >= 11 is 1.46. The number of rotatable bonds is 8. The summed E-state index contributed by atoms with van der Waals surface area (Å²) in [7, 11) is 0. The molecule has 0 bridgehead atoms. The fourth-order valence-corrected chi connectivity index (χ4v) is 2.90. The Labute approximate surface area is 139 Å². The Bertz CT molecular complexity index is 651. The van der Waals surface area contributed by atoms with E-state index in [-0.39, 0.29) is 5.91 Å². The maximum absolute atomic E-state index is 11.0. The van der Waals surface area contributed by atoms with Crippen LogP contribution in [0.3, 0.4) is 0 Å². The molecule has 0 saturated heterocycles. The van der Waals surface area contributed by atoms with Gasteiger partial charge in [-0.1, -0.05) is 24.3 Å². The van der Waals surface area contributed by atoms with E-state index in [2.05, 4.69) is 45.0 Å². The van der Waals surface area contributed by atoms with Gasteiger partial charge >= 0.3 is 0 Å². The van der Waals surface area contributed by atoms with Crippen molar-refractivity contribution >= 4 is 28.7 Å². The van der Waals surface area contributed by atoms with Crippen LogP contribution in [0.1, 0.15) is 23.7 Å². The molecule has 0 fully saturated rings. The highest BCUT2D eigenvalue weighted by Gasteiger charge is 2.04. The van der Waals surface area contributed by atoms with Crippen molar-refractivity contribution in [1.82, 2.24) is 10.3 Å². The van der Waals surface area contributed by atoms with E-state index < -0.39 is 0 Å². The number of nitrogens with zero attached hydrogens (tertiary/aromatic N) is 2. The summed E-state index contributed by atoms with van der Waals surface area (Å²) in [6, 6.07) is 8.57. The van der Waals surface area contributed by atoms with Crippen LogP contribution in [0.4, 0.5) is 5.13 Å². The second kappa shape index (κ2) is 8.89. The zero-order valence-corrected chi connectivity index (χ0v) is 13.9. The summed E-state index contributed by atoms with van der Waals surface area (Å²) in [6.07, 6.45) is 4.22. The van der Waals surface area contributed by atoms with Gasteiger partial charge in [0, 0.05) is 18.8 Å². The number of aryl methyl sites for hydroxylation is 2. The van der Waals surface area contributed by atoms with E-state index in [0.29, 0.717) is 5.13 Å². The van der Waals surface area contributed by atoms with Gasteiger partial charge in [-0.05, 0) is 30.4 Å². The molecule has 0 aliphatic heterocycles. The molecule has 1 aromatic heterocycles. The highest BCUT2D eigenvalue weighted by Crippen LogP contribution is 2.17. The second-order valence-corrected chi connectivity index (χ2v) is 5.98. The first-order valence-corrected chi connectivity index (χ1v) is 8.30. The molecule has 122 valence electrons. The largest absolute Gasteiger partial charge is 0.374 e. The third-order valence-corrected chi connectivity index (χ3v) is 4.06. The fraction of sp³-hybridized carbons (Fsp3) is 0.312. The van der Waals surface area contributed by atoms with Crippen LogP contribution >= 0.6 is 11.3 Å². The minimum Gasteiger partial charge on any atom is -0.374 e. The zero-order chi connectivity index (χ0) is 16.5. The van der Waals surface area contributed by atoms with Gasteiger partial charge in [-0.2, -0.15) is 5.10 Å². The molecule has 0 aliphatic rings. The average Bonchev–Trinajstić information content (AvgIpc) is 2.97. The number of carbonyl (C=O) groups excluding carboxylic acids is 1. The summed E-state index contributed by atoms with van der Waals surface area (Å²) in [4.78, 5) is 15.4. The lowest BCUT2D eigenvalue weighted by Gasteiger charge is -2.04. The van der Waals surface area contributed by atoms with Crippen LogP contribution in [0.2, 0.25) is 0 Å². The van der Waals surface area contributed by atoms with E-state index in [0.717, 1.165) is 31.5 Å². The first-order chi connectivity index (χ1) is 11.2. The molecular weight excluding hydrogens is 310 g/mol. The van der Waals surface area contributed by atoms with Gasteiger partial charge in [0.15, 0.2) is 5.13 Å². The van der Waals surface area contributed by atoms with Crippen LogP contribution in [-0.4, -0.2) is 23.8 Å². The molecule has 4 N–H and O–H groups in total. The molecule has 0 unspecified atom stereocenters. The van der Waals surface area contributed by atoms with Crippen molar-refractivity contribution in [1.29, 1.82) is 0 Å². The third-order valence-electron chi connectivity index (χ3n) is 3.25. The van der Waals surface area contributed by atoms with Crippen molar-refractivity contribution in [3.63, 3.8) is 0 Å². The van der Waals surface area contributed by atoms with Crippen LogP contribution in [0.15, 0.2) is 34.7 Å². The minimum absolute atomic E-state index is 0.0892. The summed E-state index contributed by atoms with van der Waals surface area (Å²) in [5.74, 6) is 4.93. The smallest absolute Gasteiger partial charge is 0.223 e. The van der Waals surface area contributed by atoms with Crippen LogP contribution in [-0.2, 0) is 24.1 Å². The summed E-state index contributed by atoms with van der Waals surface area (Å²) in [5, 5.41) is 11.8. The number of nitrogens with one attached hydrogen (secondary N) is 2. The van der Waals surface area contributed by atoms with Crippen molar-refractivity contribution in [2.24, 2.45) is 10.9 Å². The Hall–Kier alpha value is -2.41. The number of hydrogen-bond donors (Lipinski definition) is 3. The molecule has 0 aliphatic carbocycles. The Kier molecular flexibility index (Phi) is 6.56. The second-order valence-electron chi connectivity index (χ2n) is 5.12. The molecular formula is C16H21N5OS. The number of hydrazone groups is 1. The highest BCUT2D eigenvalue weighted by atomic mass is 32.1. The quantitative estimate of drug-likeness (QED) is 0.226. The first kappa shape index (κ1) is 17.0. The highest BCUT2D eigenvalue weighted by molar-refractivity contribution is 7.13. The predicted octanol–water partition coefficient (Wildman–Crippen LogP) is 1.92. The molecule has 1 heterocycles. The molecule has 0 spiro atoms. The normalized spacial score (nSPS) is 10.8. The van der Waals surface area contributed by atoms with E-state index in [1.807, 2.05) is 5.38 Å². The van der Waals surface area contributed by atoms with Gasteiger partial charge in [-0.25, -0.2) is 4.98 Å². The number of amides is 1. The lowest BCUT2D eigenvalue weighted by Crippen LogP contribution is -2.15. The van der Waals surface area contributed by atoms with E-state index in [4.69, 9.17) is 5.84 Å². The average molecular weight is 331 g/mol. The van der Waals surface area contributed by atoms with Gasteiger partial charge in [-0.15, -0.1) is 11.3 Å². The fourth-order valence-electron chi connectivity index (χ4n) is 2.11. The van der Waals surface area contributed by atoms with Crippen molar-refractivity contribution in [3.05, 3.63) is 46.5 Å². The molecule has 1 amide bonds. The number of anilines is 1. The van der Waals surface area contributed by atoms with Gasteiger partial charge in [0.05, 0.1) is 5.69 Å². The van der Waals surface area contributed by atoms with Gasteiger partial charge in [0.25, 0.3) is 0 Å². The number of benzene rings is 1. The monoisotopic (exact) mass is 331 g/mol. The maximum Gasteiger partial charge on any atom is 0.223 e. The Morgan fingerprint density at radius 2 is 1.96 bits per heavy atom. The third kappa shape index (κ3) is 6.07. The van der Waals surface area contributed by atoms with Crippen molar-refractivity contribution in [2.75, 3.05) is 11.9 Å². The van der Waals surface area contributed by atoms with Crippen LogP contribution in [0.5, 0.6) is 0 Å². The molecule has 6 nitrogen and oxygen atoms in total. The molecule has 2 aromatic rings. The zero-order valence-electron chi connectivity index (χ0n) is 13.1. The van der Waals surface area contributed by atoms with Crippen LogP contribution in [0, 0.1) is 0 Å². The molecule has 2 rings (SSSR count). The van der Waals surface area contributed by atoms with Crippen LogP contribution in [0.25, 0.3) is 0 Å². The number of carbonyl (C=O) groups is 1. The number of hydrogen-bond acceptors (Lipinski definition) is 5. The van der Waals surface area contributed by atoms with Crippen molar-refractivity contribution in [2.45, 2.75) is 26.2 Å². The van der Waals surface area contributed by atoms with Gasteiger partial charge in [-0.3, -0.25) is 4.79 Å². The number of nitrogens with two attached hydrogens (primary N) is 1. The van der Waals surface area contributed by atoms with E-state index in [1.54, 1.807) is 0 Å². The topological polar surface area (TPSA) is 92.4 Å². The summed E-state index contributed by atoms with van der Waals surface area (Å²) < 4.78 is 0. The summed E-state index contributed by atoms with van der Waals surface area (Å²) in [6.45, 7) is 2.30. The first-order valence-electron chi connectivity index (χ1n) is 7.42. The Balaban J connectivity index is 1.79. The molecule has 0 atom stereocenters. The van der Waals surface area contributed by atoms with E-state index >= 15 is 0 Å². The molecule has 0 saturated carbocycles. The number of thiazole rings is 1. The molecule has 23 heavy (non-hydrogen) atoms. The maximum atomic E-state index is 11.0. The molecule has 0 radical (unpaired) electrons. The van der Waals surface area contributed by atoms with Crippen molar-refractivity contribution in [3.8, 4) is 0 Å². The number of aromatic nitrogens is 1. The van der Waals surface area contributed by atoms with E-state index in [1.165, 1.54) is 35.7 Å². The molecule has 7 heteroatoms. The predicted molar refractivity (Wildman–Crippen MR) is 94.7 cm³/mol. The lowest BCUT2D eigenvalue weighted by molar-refractivity contribution is -0.114. The van der Waals surface area contributed by atoms with E-state index in [9.17, 15) is 4.79 Å². The molecule has 1 aromatic carbocycles. The van der Waals surface area contributed by atoms with Crippen molar-refractivity contribution < 1.29 is 4.79 Å².